The van der Waals surface area contributed by atoms with E-state index in [2.05, 4.69) is 30.1 Å². The molecule has 1 aromatic carbocycles. The van der Waals surface area contributed by atoms with Crippen molar-refractivity contribution in [3.05, 3.63) is 65.9 Å². The van der Waals surface area contributed by atoms with Crippen LogP contribution in [-0.4, -0.2) is 44.2 Å². The van der Waals surface area contributed by atoms with E-state index >= 15 is 4.39 Å². The molecule has 0 saturated carbocycles. The van der Waals surface area contributed by atoms with Gasteiger partial charge in [0.05, 0.1) is 33.2 Å². The quantitative estimate of drug-likeness (QED) is 0.346. The molecule has 168 valence electrons. The smallest absolute Gasteiger partial charge is 0.177 e. The van der Waals surface area contributed by atoms with E-state index in [1.807, 2.05) is 25.1 Å². The van der Waals surface area contributed by atoms with Crippen molar-refractivity contribution >= 4 is 39.0 Å². The van der Waals surface area contributed by atoms with Gasteiger partial charge in [0, 0.05) is 37.6 Å². The standard InChI is InChI=1S/C24H17F2N7S/c1-33(2)13-9-12(10-27-11-13)14-3-4-15-19(20(14)26)23(32-31-15)24-29-16-7-8-28-22(21(16)30-24)17-5-6-18(25)34-17/h3-11H,1-2H3,(H,29,30)(H,31,32). The number of rotatable bonds is 4. The number of benzene rings is 1. The normalized spacial score (nSPS) is 11.5. The van der Waals surface area contributed by atoms with E-state index in [4.69, 9.17) is 0 Å². The minimum absolute atomic E-state index is 0.301. The molecule has 0 bridgehead atoms. The van der Waals surface area contributed by atoms with E-state index in [-0.39, 0.29) is 5.13 Å². The third kappa shape index (κ3) is 3.22. The average Bonchev–Trinajstić information content (AvgIpc) is 3.56. The van der Waals surface area contributed by atoms with Gasteiger partial charge < -0.3 is 9.88 Å². The highest BCUT2D eigenvalue weighted by Crippen LogP contribution is 2.36. The lowest BCUT2D eigenvalue weighted by Gasteiger charge is -2.13. The molecule has 34 heavy (non-hydrogen) atoms. The van der Waals surface area contributed by atoms with Gasteiger partial charge in [0.2, 0.25) is 0 Å². The van der Waals surface area contributed by atoms with Crippen LogP contribution in [0.5, 0.6) is 0 Å². The van der Waals surface area contributed by atoms with Crippen molar-refractivity contribution in [2.45, 2.75) is 0 Å². The van der Waals surface area contributed by atoms with Crippen LogP contribution < -0.4 is 4.90 Å². The van der Waals surface area contributed by atoms with Gasteiger partial charge in [-0.25, -0.2) is 9.37 Å². The zero-order valence-electron chi connectivity index (χ0n) is 18.1. The van der Waals surface area contributed by atoms with Gasteiger partial charge >= 0.3 is 0 Å². The summed E-state index contributed by atoms with van der Waals surface area (Å²) in [5.74, 6) is -0.0261. The third-order valence-corrected chi connectivity index (χ3v) is 6.53. The molecule has 6 aromatic rings. The molecule has 5 aromatic heterocycles. The Labute approximate surface area is 196 Å². The molecule has 0 unspecified atom stereocenters. The molecule has 6 rings (SSSR count). The van der Waals surface area contributed by atoms with Crippen LogP contribution in [0.15, 0.2) is 55.0 Å². The first-order valence-corrected chi connectivity index (χ1v) is 11.2. The summed E-state index contributed by atoms with van der Waals surface area (Å²) in [6.07, 6.45) is 4.99. The first-order chi connectivity index (χ1) is 16.5. The lowest BCUT2D eigenvalue weighted by Crippen LogP contribution is -2.08. The number of nitrogens with zero attached hydrogens (tertiary/aromatic N) is 5. The number of nitrogens with one attached hydrogen (secondary N) is 2. The Morgan fingerprint density at radius 3 is 2.65 bits per heavy atom. The summed E-state index contributed by atoms with van der Waals surface area (Å²) in [4.78, 5) is 19.1. The van der Waals surface area contributed by atoms with Gasteiger partial charge in [0.15, 0.2) is 11.0 Å². The summed E-state index contributed by atoms with van der Waals surface area (Å²) in [6.45, 7) is 0. The highest BCUT2D eigenvalue weighted by atomic mass is 32.1. The van der Waals surface area contributed by atoms with Crippen molar-refractivity contribution in [1.29, 1.82) is 0 Å². The largest absolute Gasteiger partial charge is 0.376 e. The van der Waals surface area contributed by atoms with E-state index in [1.165, 1.54) is 6.07 Å². The predicted octanol–water partition coefficient (Wildman–Crippen LogP) is 5.64. The van der Waals surface area contributed by atoms with Crippen molar-refractivity contribution < 1.29 is 8.78 Å². The summed E-state index contributed by atoms with van der Waals surface area (Å²) in [5, 5.41) is 7.26. The number of hydrogen-bond donors (Lipinski definition) is 2. The van der Waals surface area contributed by atoms with Crippen molar-refractivity contribution in [1.82, 2.24) is 30.1 Å². The fourth-order valence-corrected chi connectivity index (χ4v) is 4.68. The maximum Gasteiger partial charge on any atom is 0.177 e. The Bertz CT molecular complexity index is 1680. The van der Waals surface area contributed by atoms with Crippen LogP contribution in [0, 0.1) is 10.9 Å². The highest BCUT2D eigenvalue weighted by Gasteiger charge is 2.21. The lowest BCUT2D eigenvalue weighted by atomic mass is 10.0. The first kappa shape index (κ1) is 20.4. The Morgan fingerprint density at radius 1 is 0.971 bits per heavy atom. The fraction of sp³-hybridized carbons (Fsp3) is 0.0833. The minimum atomic E-state index is -0.418. The van der Waals surface area contributed by atoms with Gasteiger partial charge in [-0.1, -0.05) is 0 Å². The Morgan fingerprint density at radius 2 is 1.85 bits per heavy atom. The second-order valence-electron chi connectivity index (χ2n) is 7.99. The molecule has 0 atom stereocenters. The summed E-state index contributed by atoms with van der Waals surface area (Å²) in [7, 11) is 3.81. The summed E-state index contributed by atoms with van der Waals surface area (Å²) >= 11 is 0.996. The number of aromatic nitrogens is 6. The second-order valence-corrected chi connectivity index (χ2v) is 9.03. The molecule has 5 heterocycles. The number of anilines is 1. The lowest BCUT2D eigenvalue weighted by molar-refractivity contribution is 0.643. The number of H-pyrrole nitrogens is 2. The molecule has 10 heteroatoms. The predicted molar refractivity (Wildman–Crippen MR) is 130 cm³/mol. The number of hydrogen-bond acceptors (Lipinski definition) is 6. The summed E-state index contributed by atoms with van der Waals surface area (Å²) in [6, 6.07) is 10.2. The van der Waals surface area contributed by atoms with Crippen LogP contribution in [0.3, 0.4) is 0 Å². The van der Waals surface area contributed by atoms with E-state index < -0.39 is 5.82 Å². The Balaban J connectivity index is 1.52. The van der Waals surface area contributed by atoms with Crippen LogP contribution >= 0.6 is 11.3 Å². The van der Waals surface area contributed by atoms with E-state index in [0.717, 1.165) is 17.0 Å². The monoisotopic (exact) mass is 473 g/mol. The van der Waals surface area contributed by atoms with E-state index in [0.29, 0.717) is 55.2 Å². The van der Waals surface area contributed by atoms with Gasteiger partial charge in [0.25, 0.3) is 0 Å². The van der Waals surface area contributed by atoms with Gasteiger partial charge in [-0.15, -0.1) is 11.3 Å². The Kier molecular flexibility index (Phi) is 4.63. The van der Waals surface area contributed by atoms with E-state index in [1.54, 1.807) is 42.9 Å². The number of aromatic amines is 2. The number of pyridine rings is 2. The molecule has 0 spiro atoms. The molecule has 0 saturated heterocycles. The molecular weight excluding hydrogens is 456 g/mol. The molecular formula is C24H17F2N7S. The van der Waals surface area contributed by atoms with Gasteiger partial charge in [-0.05, 0) is 36.4 Å². The maximum absolute atomic E-state index is 15.9. The van der Waals surface area contributed by atoms with Crippen molar-refractivity contribution in [3.63, 3.8) is 0 Å². The molecule has 7 nitrogen and oxygen atoms in total. The van der Waals surface area contributed by atoms with Gasteiger partial charge in [-0.3, -0.25) is 15.1 Å². The molecule has 0 amide bonds. The summed E-state index contributed by atoms with van der Waals surface area (Å²) in [5.41, 5.74) is 4.66. The van der Waals surface area contributed by atoms with Crippen LogP contribution in [0.4, 0.5) is 14.5 Å². The van der Waals surface area contributed by atoms with Gasteiger partial charge in [-0.2, -0.15) is 9.49 Å². The van der Waals surface area contributed by atoms with Crippen molar-refractivity contribution in [2.24, 2.45) is 0 Å². The van der Waals surface area contributed by atoms with Crippen LogP contribution in [0.2, 0.25) is 0 Å². The van der Waals surface area contributed by atoms with Crippen LogP contribution in [0.25, 0.3) is 55.2 Å². The van der Waals surface area contributed by atoms with Gasteiger partial charge in [0.1, 0.15) is 22.7 Å². The van der Waals surface area contributed by atoms with Crippen LogP contribution in [0.1, 0.15) is 0 Å². The topological polar surface area (TPSA) is 86.4 Å². The van der Waals surface area contributed by atoms with Crippen molar-refractivity contribution in [2.75, 3.05) is 19.0 Å². The second kappa shape index (κ2) is 7.70. The van der Waals surface area contributed by atoms with Crippen LogP contribution in [-0.2, 0) is 0 Å². The molecule has 0 aliphatic heterocycles. The number of imidazole rings is 1. The highest BCUT2D eigenvalue weighted by molar-refractivity contribution is 7.13. The third-order valence-electron chi connectivity index (χ3n) is 5.65. The van der Waals surface area contributed by atoms with E-state index in [9.17, 15) is 4.39 Å². The zero-order valence-corrected chi connectivity index (χ0v) is 18.9. The molecule has 2 N–H and O–H groups in total. The molecule has 0 aliphatic rings. The number of fused-ring (bicyclic) bond motifs is 2. The Hall–Kier alpha value is -4.18. The molecule has 0 fully saturated rings. The molecule has 0 radical (unpaired) electrons. The number of thiophene rings is 1. The van der Waals surface area contributed by atoms with Crippen molar-refractivity contribution in [3.8, 4) is 33.2 Å². The fourth-order valence-electron chi connectivity index (χ4n) is 3.96. The summed E-state index contributed by atoms with van der Waals surface area (Å²) < 4.78 is 29.5. The average molecular weight is 474 g/mol. The maximum atomic E-state index is 15.9. The molecule has 0 aliphatic carbocycles. The SMILES string of the molecule is CN(C)c1cncc(-c2ccc3[nH]nc(-c4nc5c(-c6ccc(F)s6)nccc5[nH]4)c3c2F)c1. The number of halogens is 2. The minimum Gasteiger partial charge on any atom is -0.376 e. The zero-order chi connectivity index (χ0) is 23.4. The first-order valence-electron chi connectivity index (χ1n) is 10.4.